The third-order valence-electron chi connectivity index (χ3n) is 4.48. The summed E-state index contributed by atoms with van der Waals surface area (Å²) in [6.07, 6.45) is 2.86. The molecule has 1 atom stereocenters. The molecule has 138 valence electrons. The van der Waals surface area contributed by atoms with Crippen LogP contribution in [0.25, 0.3) is 0 Å². The van der Waals surface area contributed by atoms with E-state index < -0.39 is 0 Å². The Bertz CT molecular complexity index is 593. The number of guanidine groups is 1. The standard InChI is InChI=1S/C18H28FN5O/c1-21-18(23-12-14-6-2-3-8-16(14)19)22-9-5-11-24-10-4-7-15(13-24)17(20)25/h2-3,6,8,15H,4-5,7,9-13H2,1H3,(H2,20,25)(H2,21,22,23). The second kappa shape index (κ2) is 9.98. The number of aliphatic imine (C=N–C) groups is 1. The Balaban J connectivity index is 1.66. The maximum atomic E-state index is 13.6. The Morgan fingerprint density at radius 2 is 2.20 bits per heavy atom. The summed E-state index contributed by atoms with van der Waals surface area (Å²) in [6.45, 7) is 3.84. The van der Waals surface area contributed by atoms with Crippen LogP contribution in [0.15, 0.2) is 29.3 Å². The molecule has 2 rings (SSSR count). The smallest absolute Gasteiger partial charge is 0.221 e. The number of nitrogens with one attached hydrogen (secondary N) is 2. The van der Waals surface area contributed by atoms with Gasteiger partial charge in [0, 0.05) is 32.2 Å². The van der Waals surface area contributed by atoms with E-state index in [2.05, 4.69) is 20.5 Å². The number of piperidine rings is 1. The Kier molecular flexibility index (Phi) is 7.66. The molecule has 1 amide bonds. The van der Waals surface area contributed by atoms with Crippen LogP contribution < -0.4 is 16.4 Å². The number of hydrogen-bond acceptors (Lipinski definition) is 3. The lowest BCUT2D eigenvalue weighted by molar-refractivity contribution is -0.123. The lowest BCUT2D eigenvalue weighted by Crippen LogP contribution is -2.42. The fourth-order valence-corrected chi connectivity index (χ4v) is 3.04. The highest BCUT2D eigenvalue weighted by atomic mass is 19.1. The molecule has 0 aromatic heterocycles. The largest absolute Gasteiger partial charge is 0.369 e. The number of nitrogens with two attached hydrogens (primary N) is 1. The van der Waals surface area contributed by atoms with E-state index in [1.165, 1.54) is 6.07 Å². The van der Waals surface area contributed by atoms with Gasteiger partial charge in [-0.05, 0) is 38.4 Å². The molecule has 0 bridgehead atoms. The van der Waals surface area contributed by atoms with Gasteiger partial charge in [-0.1, -0.05) is 18.2 Å². The van der Waals surface area contributed by atoms with E-state index in [0.29, 0.717) is 18.1 Å². The van der Waals surface area contributed by atoms with Crippen molar-refractivity contribution in [1.82, 2.24) is 15.5 Å². The number of primary amides is 1. The number of benzene rings is 1. The van der Waals surface area contributed by atoms with E-state index in [1.54, 1.807) is 19.2 Å². The van der Waals surface area contributed by atoms with Crippen LogP contribution in [-0.2, 0) is 11.3 Å². The molecule has 1 unspecified atom stereocenters. The highest BCUT2D eigenvalue weighted by molar-refractivity contribution is 5.79. The van der Waals surface area contributed by atoms with Gasteiger partial charge in [0.25, 0.3) is 0 Å². The molecule has 25 heavy (non-hydrogen) atoms. The molecule has 0 spiro atoms. The summed E-state index contributed by atoms with van der Waals surface area (Å²) in [5.41, 5.74) is 6.01. The molecule has 1 aromatic carbocycles. The first kappa shape index (κ1) is 19.2. The number of carbonyl (C=O) groups is 1. The van der Waals surface area contributed by atoms with E-state index in [9.17, 15) is 9.18 Å². The molecule has 4 N–H and O–H groups in total. The summed E-state index contributed by atoms with van der Waals surface area (Å²) in [5.74, 6) is 0.217. The Hall–Kier alpha value is -2.15. The molecule has 6 nitrogen and oxygen atoms in total. The lowest BCUT2D eigenvalue weighted by Gasteiger charge is -2.31. The molecule has 1 aromatic rings. The van der Waals surface area contributed by atoms with Crippen molar-refractivity contribution in [2.24, 2.45) is 16.6 Å². The lowest BCUT2D eigenvalue weighted by atomic mass is 9.97. The second-order valence-electron chi connectivity index (χ2n) is 6.34. The number of halogens is 1. The predicted molar refractivity (Wildman–Crippen MR) is 97.6 cm³/mol. The highest BCUT2D eigenvalue weighted by Crippen LogP contribution is 2.15. The van der Waals surface area contributed by atoms with E-state index >= 15 is 0 Å². The average molecular weight is 349 g/mol. The van der Waals surface area contributed by atoms with Crippen LogP contribution in [0, 0.1) is 11.7 Å². The van der Waals surface area contributed by atoms with Crippen molar-refractivity contribution in [3.63, 3.8) is 0 Å². The van der Waals surface area contributed by atoms with Gasteiger partial charge in [-0.15, -0.1) is 0 Å². The van der Waals surface area contributed by atoms with Gasteiger partial charge in [-0.3, -0.25) is 9.79 Å². The minimum atomic E-state index is -0.223. The third-order valence-corrected chi connectivity index (χ3v) is 4.48. The average Bonchev–Trinajstić information content (AvgIpc) is 2.62. The fourth-order valence-electron chi connectivity index (χ4n) is 3.04. The van der Waals surface area contributed by atoms with Crippen molar-refractivity contribution in [3.05, 3.63) is 35.6 Å². The van der Waals surface area contributed by atoms with Crippen LogP contribution in [0.1, 0.15) is 24.8 Å². The first-order valence-electron chi connectivity index (χ1n) is 8.79. The van der Waals surface area contributed by atoms with Gasteiger partial charge in [0.05, 0.1) is 5.92 Å². The quantitative estimate of drug-likeness (QED) is 0.391. The first-order valence-corrected chi connectivity index (χ1v) is 8.79. The monoisotopic (exact) mass is 349 g/mol. The predicted octanol–water partition coefficient (Wildman–Crippen LogP) is 1.08. The van der Waals surface area contributed by atoms with Crippen molar-refractivity contribution in [2.75, 3.05) is 33.2 Å². The molecule has 0 radical (unpaired) electrons. The molecule has 7 heteroatoms. The third kappa shape index (κ3) is 6.34. The molecule has 1 heterocycles. The van der Waals surface area contributed by atoms with Gasteiger partial charge in [-0.25, -0.2) is 4.39 Å². The van der Waals surface area contributed by atoms with Gasteiger partial charge >= 0.3 is 0 Å². The Morgan fingerprint density at radius 3 is 2.92 bits per heavy atom. The van der Waals surface area contributed by atoms with Crippen LogP contribution in [0.5, 0.6) is 0 Å². The van der Waals surface area contributed by atoms with E-state index in [1.807, 2.05) is 6.07 Å². The van der Waals surface area contributed by atoms with Gasteiger partial charge in [0.1, 0.15) is 5.82 Å². The summed E-state index contributed by atoms with van der Waals surface area (Å²) in [4.78, 5) is 17.7. The second-order valence-corrected chi connectivity index (χ2v) is 6.34. The molecule has 0 saturated carbocycles. The molecule has 1 aliphatic heterocycles. The first-order chi connectivity index (χ1) is 12.1. The van der Waals surface area contributed by atoms with Gasteiger partial charge in [0.15, 0.2) is 5.96 Å². The normalized spacial score (nSPS) is 18.8. The summed E-state index contributed by atoms with van der Waals surface area (Å²) in [6, 6.07) is 6.69. The summed E-state index contributed by atoms with van der Waals surface area (Å²) in [5, 5.41) is 6.34. The zero-order chi connectivity index (χ0) is 18.1. The Morgan fingerprint density at radius 1 is 1.40 bits per heavy atom. The Labute approximate surface area is 148 Å². The van der Waals surface area contributed by atoms with Crippen LogP contribution in [0.4, 0.5) is 4.39 Å². The minimum Gasteiger partial charge on any atom is -0.369 e. The molecule has 0 aliphatic carbocycles. The number of hydrogen-bond donors (Lipinski definition) is 3. The number of likely N-dealkylation sites (tertiary alicyclic amines) is 1. The SMILES string of the molecule is CN=C(NCCCN1CCCC(C(N)=O)C1)NCc1ccccc1F. The molecular formula is C18H28FN5O. The highest BCUT2D eigenvalue weighted by Gasteiger charge is 2.23. The number of carbonyl (C=O) groups excluding carboxylic acids is 1. The molecule has 1 aliphatic rings. The number of nitrogens with zero attached hydrogens (tertiary/aromatic N) is 2. The summed E-state index contributed by atoms with van der Waals surface area (Å²) < 4.78 is 13.6. The van der Waals surface area contributed by atoms with E-state index in [0.717, 1.165) is 45.4 Å². The zero-order valence-corrected chi connectivity index (χ0v) is 14.8. The summed E-state index contributed by atoms with van der Waals surface area (Å²) >= 11 is 0. The van der Waals surface area contributed by atoms with Gasteiger partial charge < -0.3 is 21.3 Å². The maximum absolute atomic E-state index is 13.6. The van der Waals surface area contributed by atoms with Crippen LogP contribution >= 0.6 is 0 Å². The number of rotatable bonds is 7. The molecule has 1 fully saturated rings. The van der Waals surface area contributed by atoms with Crippen LogP contribution in [0.3, 0.4) is 0 Å². The van der Waals surface area contributed by atoms with Crippen molar-refractivity contribution < 1.29 is 9.18 Å². The minimum absolute atomic E-state index is 0.0167. The van der Waals surface area contributed by atoms with E-state index in [-0.39, 0.29) is 17.6 Å². The fraction of sp³-hybridized carbons (Fsp3) is 0.556. The molecule has 1 saturated heterocycles. The van der Waals surface area contributed by atoms with Crippen LogP contribution in [0.2, 0.25) is 0 Å². The number of amides is 1. The molecular weight excluding hydrogens is 321 g/mol. The van der Waals surface area contributed by atoms with Crippen LogP contribution in [-0.4, -0.2) is 50.0 Å². The maximum Gasteiger partial charge on any atom is 0.221 e. The van der Waals surface area contributed by atoms with Crippen molar-refractivity contribution in [1.29, 1.82) is 0 Å². The van der Waals surface area contributed by atoms with Gasteiger partial charge in [-0.2, -0.15) is 0 Å². The zero-order valence-electron chi connectivity index (χ0n) is 14.8. The van der Waals surface area contributed by atoms with Crippen molar-refractivity contribution in [2.45, 2.75) is 25.8 Å². The van der Waals surface area contributed by atoms with Crippen molar-refractivity contribution in [3.8, 4) is 0 Å². The topological polar surface area (TPSA) is 82.8 Å². The van der Waals surface area contributed by atoms with Gasteiger partial charge in [0.2, 0.25) is 5.91 Å². The van der Waals surface area contributed by atoms with E-state index in [4.69, 9.17) is 5.73 Å². The van der Waals surface area contributed by atoms with Crippen molar-refractivity contribution >= 4 is 11.9 Å². The summed E-state index contributed by atoms with van der Waals surface area (Å²) in [7, 11) is 1.69.